The molecule has 0 amide bonds. The monoisotopic (exact) mass is 328 g/mol. The average molecular weight is 328 g/mol. The van der Waals surface area contributed by atoms with Gasteiger partial charge in [0.05, 0.1) is 0 Å². The van der Waals surface area contributed by atoms with Gasteiger partial charge in [-0.15, -0.1) is 0 Å². The lowest BCUT2D eigenvalue weighted by Crippen LogP contribution is -3.98. The van der Waals surface area contributed by atoms with Gasteiger partial charge in [0.2, 0.25) is 0 Å². The number of hydrogen-bond donors (Lipinski definition) is 1. The molecule has 4 nitrogen and oxygen atoms in total. The molecule has 0 aromatic heterocycles. The van der Waals surface area contributed by atoms with Gasteiger partial charge < -0.3 is 6.87 Å². The van der Waals surface area contributed by atoms with Crippen LogP contribution in [0.5, 0.6) is 0 Å². The SMILES string of the molecule is CC12CCC(CC1=O)C2(C)C.[O-][I+2]([O-])O. The summed E-state index contributed by atoms with van der Waals surface area (Å²) in [6.45, 7) is 6.67. The molecule has 2 saturated carbocycles. The van der Waals surface area contributed by atoms with Gasteiger partial charge in [0.15, 0.2) is 0 Å². The number of carbonyl (C=O) groups excluding carboxylic acids is 1. The zero-order valence-electron chi connectivity index (χ0n) is 9.25. The van der Waals surface area contributed by atoms with Crippen LogP contribution in [0.4, 0.5) is 0 Å². The number of halogens is 1. The smallest absolute Gasteiger partial charge is 0.396 e. The number of carbonyl (C=O) groups is 1. The third-order valence-electron chi connectivity index (χ3n) is 4.48. The number of rotatable bonds is 0. The maximum Gasteiger partial charge on any atom is 0.503 e. The molecule has 2 fully saturated rings. The molecule has 88 valence electrons. The van der Waals surface area contributed by atoms with Crippen molar-refractivity contribution in [1.82, 2.24) is 0 Å². The van der Waals surface area contributed by atoms with Crippen LogP contribution in [-0.4, -0.2) is 9.22 Å². The molecule has 2 bridgehead atoms. The van der Waals surface area contributed by atoms with Crippen molar-refractivity contribution in [2.75, 3.05) is 0 Å². The number of ketones is 1. The highest BCUT2D eigenvalue weighted by atomic mass is 127. The van der Waals surface area contributed by atoms with Gasteiger partial charge in [0, 0.05) is 11.8 Å². The van der Waals surface area contributed by atoms with Gasteiger partial charge in [-0.1, -0.05) is 20.8 Å². The van der Waals surface area contributed by atoms with Crippen molar-refractivity contribution in [2.24, 2.45) is 16.7 Å². The van der Waals surface area contributed by atoms with Crippen LogP contribution in [0.2, 0.25) is 0 Å². The molecular weight excluding hydrogens is 311 g/mol. The Morgan fingerprint density at radius 2 is 1.87 bits per heavy atom. The Morgan fingerprint density at radius 1 is 1.40 bits per heavy atom. The molecule has 5 heteroatoms. The largest absolute Gasteiger partial charge is 0.503 e. The van der Waals surface area contributed by atoms with E-state index in [1.165, 1.54) is 6.42 Å². The van der Waals surface area contributed by atoms with Gasteiger partial charge in [0.25, 0.3) is 0 Å². The second-order valence-corrected chi connectivity index (χ2v) is 6.27. The summed E-state index contributed by atoms with van der Waals surface area (Å²) in [6.07, 6.45) is 3.25. The highest BCUT2D eigenvalue weighted by molar-refractivity contribution is 5.89. The molecule has 0 radical (unpaired) electrons. The summed E-state index contributed by atoms with van der Waals surface area (Å²) in [7, 11) is 0. The lowest BCUT2D eigenvalue weighted by Gasteiger charge is -2.32. The summed E-state index contributed by atoms with van der Waals surface area (Å²) in [5.74, 6) is 1.19. The second kappa shape index (κ2) is 4.27. The standard InChI is InChI=1S/C10H16O.HIO3/c1-9(2)7-4-5-10(9,3)8(11)6-7;2-1(3)4/h7H,4-6H2,1-3H3;2H. The minimum Gasteiger partial charge on any atom is -0.396 e. The van der Waals surface area contributed by atoms with Crippen molar-refractivity contribution in [3.05, 3.63) is 0 Å². The number of hydrogen-bond acceptors (Lipinski definition) is 4. The fraction of sp³-hybridized carbons (Fsp3) is 0.900. The highest BCUT2D eigenvalue weighted by Crippen LogP contribution is 2.63. The van der Waals surface area contributed by atoms with E-state index in [0.717, 1.165) is 12.8 Å². The first-order valence-electron chi connectivity index (χ1n) is 4.99. The van der Waals surface area contributed by atoms with Gasteiger partial charge in [-0.05, 0) is 27.6 Å². The van der Waals surface area contributed by atoms with Crippen LogP contribution in [0.25, 0.3) is 0 Å². The maximum absolute atomic E-state index is 11.6. The predicted octanol–water partition coefficient (Wildman–Crippen LogP) is -3.53. The normalized spacial score (nSPS) is 36.7. The van der Waals surface area contributed by atoms with E-state index in [9.17, 15) is 4.79 Å². The van der Waals surface area contributed by atoms with E-state index < -0.39 is 21.1 Å². The zero-order valence-corrected chi connectivity index (χ0v) is 11.4. The Morgan fingerprint density at radius 3 is 2.00 bits per heavy atom. The van der Waals surface area contributed by atoms with Gasteiger partial charge in [-0.3, -0.25) is 4.79 Å². The average Bonchev–Trinajstić information content (AvgIpc) is 2.36. The Bertz CT molecular complexity index is 261. The maximum atomic E-state index is 11.6. The summed E-state index contributed by atoms with van der Waals surface area (Å²) in [6, 6.07) is 0. The second-order valence-electron chi connectivity index (χ2n) is 5.12. The van der Waals surface area contributed by atoms with Crippen LogP contribution in [0.1, 0.15) is 40.0 Å². The Kier molecular flexibility index (Phi) is 3.80. The Balaban J connectivity index is 0.000000245. The van der Waals surface area contributed by atoms with E-state index in [1.807, 2.05) is 0 Å². The van der Waals surface area contributed by atoms with Crippen molar-refractivity contribution in [2.45, 2.75) is 40.0 Å². The first kappa shape index (κ1) is 13.3. The lowest BCUT2D eigenvalue weighted by atomic mass is 9.70. The quantitative estimate of drug-likeness (QED) is 0.467. The van der Waals surface area contributed by atoms with Crippen molar-refractivity contribution in [3.8, 4) is 0 Å². The summed E-state index contributed by atoms with van der Waals surface area (Å²) in [5.41, 5.74) is 0.307. The van der Waals surface area contributed by atoms with Gasteiger partial charge in [-0.25, -0.2) is 0 Å². The molecule has 2 aliphatic carbocycles. The first-order valence-corrected chi connectivity index (χ1v) is 7.72. The van der Waals surface area contributed by atoms with Gasteiger partial charge in [0.1, 0.15) is 5.78 Å². The molecule has 0 heterocycles. The van der Waals surface area contributed by atoms with Crippen molar-refractivity contribution in [3.63, 3.8) is 0 Å². The van der Waals surface area contributed by atoms with E-state index >= 15 is 0 Å². The summed E-state index contributed by atoms with van der Waals surface area (Å²) in [4.78, 5) is 11.6. The zero-order chi connectivity index (χ0) is 11.9. The Labute approximate surface area is 98.7 Å². The number of Topliss-reactive ketones (excluding diaryl/α,β-unsaturated/α-hetero) is 1. The van der Waals surface area contributed by atoms with Crippen LogP contribution in [0.15, 0.2) is 0 Å². The minimum atomic E-state index is -3.76. The van der Waals surface area contributed by atoms with Crippen LogP contribution in [-0.2, 0) is 4.79 Å². The molecular formula is C10H17IO4. The minimum absolute atomic E-state index is 0.0255. The third-order valence-corrected chi connectivity index (χ3v) is 4.48. The summed E-state index contributed by atoms with van der Waals surface area (Å²) < 4.78 is 24.5. The first-order chi connectivity index (χ1) is 6.72. The van der Waals surface area contributed by atoms with Crippen LogP contribution < -0.4 is 27.9 Å². The topological polar surface area (TPSA) is 83.4 Å². The van der Waals surface area contributed by atoms with Gasteiger partial charge in [-0.2, -0.15) is 0 Å². The van der Waals surface area contributed by atoms with E-state index in [0.29, 0.717) is 11.7 Å². The fourth-order valence-corrected chi connectivity index (χ4v) is 2.90. The molecule has 0 spiro atoms. The molecule has 0 aromatic rings. The van der Waals surface area contributed by atoms with E-state index in [-0.39, 0.29) is 10.8 Å². The molecule has 2 atom stereocenters. The highest BCUT2D eigenvalue weighted by Gasteiger charge is 2.61. The van der Waals surface area contributed by atoms with Crippen LogP contribution in [0, 0.1) is 16.7 Å². The van der Waals surface area contributed by atoms with E-state index in [1.54, 1.807) is 0 Å². The number of fused-ring (bicyclic) bond motifs is 2. The van der Waals surface area contributed by atoms with Crippen molar-refractivity contribution in [1.29, 1.82) is 0 Å². The fourth-order valence-electron chi connectivity index (χ4n) is 2.90. The molecule has 0 aliphatic heterocycles. The third kappa shape index (κ3) is 2.20. The van der Waals surface area contributed by atoms with E-state index in [4.69, 9.17) is 10.3 Å². The molecule has 2 aliphatic rings. The molecule has 0 aromatic carbocycles. The summed E-state index contributed by atoms with van der Waals surface area (Å²) in [5, 5.41) is 0. The van der Waals surface area contributed by atoms with Crippen molar-refractivity contribution >= 4 is 5.78 Å². The van der Waals surface area contributed by atoms with E-state index in [2.05, 4.69) is 20.8 Å². The van der Waals surface area contributed by atoms with Crippen molar-refractivity contribution < 1.29 is 36.2 Å². The Hall–Kier alpha value is 0.280. The lowest BCUT2D eigenvalue weighted by molar-refractivity contribution is -1.63. The van der Waals surface area contributed by atoms with Crippen LogP contribution >= 0.6 is 0 Å². The molecule has 0 saturated heterocycles. The molecule has 2 rings (SSSR count). The van der Waals surface area contributed by atoms with Crippen LogP contribution in [0.3, 0.4) is 0 Å². The molecule has 15 heavy (non-hydrogen) atoms. The molecule has 1 N–H and O–H groups in total. The summed E-state index contributed by atoms with van der Waals surface area (Å²) >= 11 is -3.76. The predicted molar refractivity (Wildman–Crippen MR) is 46.5 cm³/mol. The van der Waals surface area contributed by atoms with Gasteiger partial charge >= 0.3 is 21.1 Å². The molecule has 2 unspecified atom stereocenters.